The van der Waals surface area contributed by atoms with Crippen molar-refractivity contribution < 1.29 is 4.74 Å². The molecule has 4 nitrogen and oxygen atoms in total. The molecule has 1 aromatic rings. The SMILES string of the molecule is CCc1c(Cl)ncnc1N(CC)CCOC. The van der Waals surface area contributed by atoms with Gasteiger partial charge in [-0.3, -0.25) is 0 Å². The first-order valence-electron chi connectivity index (χ1n) is 5.47. The van der Waals surface area contributed by atoms with E-state index in [1.165, 1.54) is 6.33 Å². The van der Waals surface area contributed by atoms with E-state index in [1.54, 1.807) is 7.11 Å². The minimum Gasteiger partial charge on any atom is -0.383 e. The quantitative estimate of drug-likeness (QED) is 0.718. The average molecular weight is 244 g/mol. The minimum absolute atomic E-state index is 0.545. The largest absolute Gasteiger partial charge is 0.383 e. The summed E-state index contributed by atoms with van der Waals surface area (Å²) in [5, 5.41) is 0.545. The molecule has 0 N–H and O–H groups in total. The van der Waals surface area contributed by atoms with Crippen LogP contribution in [-0.2, 0) is 11.2 Å². The summed E-state index contributed by atoms with van der Waals surface area (Å²) in [6.45, 7) is 6.51. The Morgan fingerprint density at radius 3 is 2.69 bits per heavy atom. The molecule has 0 aliphatic carbocycles. The van der Waals surface area contributed by atoms with Crippen LogP contribution in [-0.4, -0.2) is 36.8 Å². The van der Waals surface area contributed by atoms with Crippen LogP contribution in [0.4, 0.5) is 5.82 Å². The number of hydrogen-bond acceptors (Lipinski definition) is 4. The topological polar surface area (TPSA) is 38.2 Å². The molecule has 90 valence electrons. The fourth-order valence-corrected chi connectivity index (χ4v) is 1.84. The minimum atomic E-state index is 0.545. The molecule has 0 aliphatic rings. The molecule has 0 amide bonds. The van der Waals surface area contributed by atoms with E-state index < -0.39 is 0 Å². The summed E-state index contributed by atoms with van der Waals surface area (Å²) < 4.78 is 5.08. The van der Waals surface area contributed by atoms with Crippen molar-refractivity contribution in [2.75, 3.05) is 31.7 Å². The Labute approximate surface area is 102 Å². The molecule has 0 saturated heterocycles. The van der Waals surface area contributed by atoms with E-state index in [1.807, 2.05) is 0 Å². The van der Waals surface area contributed by atoms with Crippen molar-refractivity contribution in [1.29, 1.82) is 0 Å². The third kappa shape index (κ3) is 3.06. The monoisotopic (exact) mass is 243 g/mol. The first-order chi connectivity index (χ1) is 7.74. The van der Waals surface area contributed by atoms with Crippen molar-refractivity contribution >= 4 is 17.4 Å². The van der Waals surface area contributed by atoms with Crippen LogP contribution in [0.5, 0.6) is 0 Å². The van der Waals surface area contributed by atoms with Gasteiger partial charge in [0.05, 0.1) is 6.61 Å². The number of hydrogen-bond donors (Lipinski definition) is 0. The molecule has 0 radical (unpaired) electrons. The zero-order chi connectivity index (χ0) is 12.0. The molecule has 0 aliphatic heterocycles. The first kappa shape index (κ1) is 13.2. The van der Waals surface area contributed by atoms with Gasteiger partial charge in [0.25, 0.3) is 0 Å². The van der Waals surface area contributed by atoms with Crippen molar-refractivity contribution in [2.24, 2.45) is 0 Å². The van der Waals surface area contributed by atoms with Gasteiger partial charge in [-0.05, 0) is 13.3 Å². The van der Waals surface area contributed by atoms with Gasteiger partial charge < -0.3 is 9.64 Å². The second-order valence-corrected chi connectivity index (χ2v) is 3.75. The van der Waals surface area contributed by atoms with E-state index in [0.29, 0.717) is 11.8 Å². The maximum Gasteiger partial charge on any atom is 0.137 e. The second-order valence-electron chi connectivity index (χ2n) is 3.39. The van der Waals surface area contributed by atoms with E-state index in [4.69, 9.17) is 16.3 Å². The molecular weight excluding hydrogens is 226 g/mol. The van der Waals surface area contributed by atoms with Crippen LogP contribution in [0, 0.1) is 0 Å². The summed E-state index contributed by atoms with van der Waals surface area (Å²) >= 11 is 6.06. The zero-order valence-corrected chi connectivity index (χ0v) is 10.8. The smallest absolute Gasteiger partial charge is 0.137 e. The molecule has 0 aromatic carbocycles. The van der Waals surface area contributed by atoms with Gasteiger partial charge in [0.15, 0.2) is 0 Å². The predicted molar refractivity (Wildman–Crippen MR) is 66.2 cm³/mol. The number of ether oxygens (including phenoxy) is 1. The Balaban J connectivity index is 2.94. The molecule has 0 saturated carbocycles. The van der Waals surface area contributed by atoms with Gasteiger partial charge in [0.2, 0.25) is 0 Å². The maximum absolute atomic E-state index is 6.06. The van der Waals surface area contributed by atoms with Crippen molar-refractivity contribution in [1.82, 2.24) is 9.97 Å². The highest BCUT2D eigenvalue weighted by atomic mass is 35.5. The fraction of sp³-hybridized carbons (Fsp3) is 0.636. The summed E-state index contributed by atoms with van der Waals surface area (Å²) in [5.41, 5.74) is 1.00. The summed E-state index contributed by atoms with van der Waals surface area (Å²) in [6.07, 6.45) is 2.34. The van der Waals surface area contributed by atoms with E-state index in [2.05, 4.69) is 28.7 Å². The second kappa shape index (κ2) is 6.66. The van der Waals surface area contributed by atoms with Crippen molar-refractivity contribution in [3.63, 3.8) is 0 Å². The van der Waals surface area contributed by atoms with Gasteiger partial charge in [-0.1, -0.05) is 18.5 Å². The van der Waals surface area contributed by atoms with Crippen molar-refractivity contribution in [2.45, 2.75) is 20.3 Å². The van der Waals surface area contributed by atoms with Gasteiger partial charge in [-0.25, -0.2) is 9.97 Å². The van der Waals surface area contributed by atoms with Crippen LogP contribution in [0.3, 0.4) is 0 Å². The Bertz CT molecular complexity index is 333. The third-order valence-corrected chi connectivity index (χ3v) is 2.80. The molecule has 1 rings (SSSR count). The number of halogens is 1. The fourth-order valence-electron chi connectivity index (χ4n) is 1.57. The Hall–Kier alpha value is -0.870. The van der Waals surface area contributed by atoms with Gasteiger partial charge >= 0.3 is 0 Å². The predicted octanol–water partition coefficient (Wildman–Crippen LogP) is 2.17. The van der Waals surface area contributed by atoms with Gasteiger partial charge in [0, 0.05) is 25.8 Å². The molecular formula is C11H18ClN3O. The number of methoxy groups -OCH3 is 1. The summed E-state index contributed by atoms with van der Waals surface area (Å²) in [7, 11) is 1.70. The zero-order valence-electron chi connectivity index (χ0n) is 10.0. The maximum atomic E-state index is 6.06. The first-order valence-corrected chi connectivity index (χ1v) is 5.85. The normalized spacial score (nSPS) is 10.5. The lowest BCUT2D eigenvalue weighted by atomic mass is 10.2. The molecule has 0 atom stereocenters. The van der Waals surface area contributed by atoms with E-state index in [9.17, 15) is 0 Å². The lowest BCUT2D eigenvalue weighted by Gasteiger charge is -2.23. The van der Waals surface area contributed by atoms with Crippen LogP contribution in [0.1, 0.15) is 19.4 Å². The van der Waals surface area contributed by atoms with Gasteiger partial charge in [0.1, 0.15) is 17.3 Å². The summed E-state index contributed by atoms with van der Waals surface area (Å²) in [4.78, 5) is 10.5. The lowest BCUT2D eigenvalue weighted by Crippen LogP contribution is -2.28. The highest BCUT2D eigenvalue weighted by Crippen LogP contribution is 2.23. The molecule has 0 unspecified atom stereocenters. The van der Waals surface area contributed by atoms with Crippen LogP contribution in [0.25, 0.3) is 0 Å². The Morgan fingerprint density at radius 2 is 2.12 bits per heavy atom. The van der Waals surface area contributed by atoms with Crippen molar-refractivity contribution in [3.8, 4) is 0 Å². The molecule has 0 fully saturated rings. The highest BCUT2D eigenvalue weighted by Gasteiger charge is 2.13. The van der Waals surface area contributed by atoms with Gasteiger partial charge in [-0.15, -0.1) is 0 Å². The number of likely N-dealkylation sites (N-methyl/N-ethyl adjacent to an activating group) is 1. The lowest BCUT2D eigenvalue weighted by molar-refractivity contribution is 0.205. The molecule has 16 heavy (non-hydrogen) atoms. The van der Waals surface area contributed by atoms with Crippen LogP contribution in [0.15, 0.2) is 6.33 Å². The average Bonchev–Trinajstić information content (AvgIpc) is 2.30. The number of nitrogens with zero attached hydrogens (tertiary/aromatic N) is 3. The Kier molecular flexibility index (Phi) is 5.49. The third-order valence-electron chi connectivity index (χ3n) is 2.47. The standard InChI is InChI=1S/C11H18ClN3O/c1-4-9-10(12)13-8-14-11(9)15(5-2)6-7-16-3/h8H,4-7H2,1-3H3. The number of rotatable bonds is 6. The molecule has 0 spiro atoms. The van der Waals surface area contributed by atoms with Crippen LogP contribution >= 0.6 is 11.6 Å². The van der Waals surface area contributed by atoms with E-state index in [-0.39, 0.29) is 0 Å². The highest BCUT2D eigenvalue weighted by molar-refractivity contribution is 6.30. The number of aromatic nitrogens is 2. The molecule has 1 aromatic heterocycles. The molecule has 0 bridgehead atoms. The van der Waals surface area contributed by atoms with Crippen molar-refractivity contribution in [3.05, 3.63) is 17.0 Å². The molecule has 5 heteroatoms. The van der Waals surface area contributed by atoms with Crippen LogP contribution < -0.4 is 4.90 Å². The molecule has 1 heterocycles. The van der Waals surface area contributed by atoms with Crippen LogP contribution in [0.2, 0.25) is 5.15 Å². The van der Waals surface area contributed by atoms with E-state index >= 15 is 0 Å². The van der Waals surface area contributed by atoms with Gasteiger partial charge in [-0.2, -0.15) is 0 Å². The Morgan fingerprint density at radius 1 is 1.38 bits per heavy atom. The summed E-state index contributed by atoms with van der Waals surface area (Å²) in [6, 6.07) is 0. The summed E-state index contributed by atoms with van der Waals surface area (Å²) in [5.74, 6) is 0.919. The van der Waals surface area contributed by atoms with E-state index in [0.717, 1.165) is 30.9 Å². The number of anilines is 1.